The molecule has 1 atom stereocenters. The lowest BCUT2D eigenvalue weighted by Crippen LogP contribution is -2.39. The number of hydrogen-bond acceptors (Lipinski definition) is 4. The molecule has 28 heavy (non-hydrogen) atoms. The average Bonchev–Trinajstić information content (AvgIpc) is 3.02. The van der Waals surface area contributed by atoms with E-state index < -0.39 is 5.82 Å². The Kier molecular flexibility index (Phi) is 4.72. The van der Waals surface area contributed by atoms with Crippen molar-refractivity contribution in [2.45, 2.75) is 25.9 Å². The Hall–Kier alpha value is -2.65. The number of carbonyl (C=O) groups excluding carboxylic acids is 2. The summed E-state index contributed by atoms with van der Waals surface area (Å²) in [6, 6.07) is 3.54. The van der Waals surface area contributed by atoms with Crippen molar-refractivity contribution in [3.8, 4) is 0 Å². The zero-order chi connectivity index (χ0) is 20.0. The number of benzene rings is 1. The number of aromatic nitrogens is 2. The zero-order valence-corrected chi connectivity index (χ0v) is 16.2. The van der Waals surface area contributed by atoms with Crippen LogP contribution in [0.3, 0.4) is 0 Å². The molecule has 1 unspecified atom stereocenters. The Labute approximate surface area is 165 Å². The average molecular weight is 408 g/mol. The molecule has 0 aliphatic carbocycles. The van der Waals surface area contributed by atoms with Crippen molar-refractivity contribution in [2.75, 3.05) is 25.5 Å². The molecule has 2 aliphatic heterocycles. The minimum Gasteiger partial charge on any atom is -0.320 e. The highest BCUT2D eigenvalue weighted by molar-refractivity contribution is 6.31. The molecule has 3 heterocycles. The van der Waals surface area contributed by atoms with E-state index in [1.54, 1.807) is 16.6 Å². The van der Waals surface area contributed by atoms with Gasteiger partial charge in [-0.3, -0.25) is 14.3 Å². The van der Waals surface area contributed by atoms with Gasteiger partial charge in [-0.2, -0.15) is 5.10 Å². The van der Waals surface area contributed by atoms with E-state index in [1.165, 1.54) is 23.3 Å². The highest BCUT2D eigenvalue weighted by atomic mass is 35.5. The van der Waals surface area contributed by atoms with Crippen molar-refractivity contribution >= 4 is 29.2 Å². The number of nitrogens with zero attached hydrogens (tertiary/aromatic N) is 4. The summed E-state index contributed by atoms with van der Waals surface area (Å²) in [6.45, 7) is 2.97. The van der Waals surface area contributed by atoms with E-state index in [9.17, 15) is 14.0 Å². The van der Waals surface area contributed by atoms with Gasteiger partial charge in [0.05, 0.1) is 29.9 Å². The summed E-state index contributed by atoms with van der Waals surface area (Å²) in [7, 11) is 1.57. The van der Waals surface area contributed by atoms with Crippen molar-refractivity contribution in [2.24, 2.45) is 0 Å². The van der Waals surface area contributed by atoms with E-state index in [2.05, 4.69) is 10.4 Å². The largest absolute Gasteiger partial charge is 0.322 e. The summed E-state index contributed by atoms with van der Waals surface area (Å²) >= 11 is 5.77. The van der Waals surface area contributed by atoms with Gasteiger partial charge in [0.2, 0.25) is 0 Å². The third-order valence-electron chi connectivity index (χ3n) is 4.93. The van der Waals surface area contributed by atoms with Gasteiger partial charge >= 0.3 is 6.03 Å². The Morgan fingerprint density at radius 1 is 1.43 bits per heavy atom. The number of fused-ring (bicyclic) bond motifs is 3. The molecular weight excluding hydrogens is 389 g/mol. The summed E-state index contributed by atoms with van der Waals surface area (Å²) in [5.41, 5.74) is 2.39. The minimum atomic E-state index is -0.552. The maximum absolute atomic E-state index is 13.3. The lowest BCUT2D eigenvalue weighted by molar-refractivity contribution is -0.109. The first-order valence-corrected chi connectivity index (χ1v) is 9.25. The third-order valence-corrected chi connectivity index (χ3v) is 5.22. The fourth-order valence-corrected chi connectivity index (χ4v) is 3.57. The quantitative estimate of drug-likeness (QED) is 0.788. The molecule has 2 aliphatic rings. The van der Waals surface area contributed by atoms with Crippen molar-refractivity contribution in [3.63, 3.8) is 0 Å². The fraction of sp³-hybridized carbons (Fsp3) is 0.389. The van der Waals surface area contributed by atoms with Crippen molar-refractivity contribution in [1.82, 2.24) is 19.7 Å². The highest BCUT2D eigenvalue weighted by Crippen LogP contribution is 2.28. The number of hydroxylamine groups is 2. The molecule has 2 aromatic rings. The number of urea groups is 1. The zero-order valence-electron chi connectivity index (χ0n) is 15.4. The van der Waals surface area contributed by atoms with Gasteiger partial charge in [-0.1, -0.05) is 11.6 Å². The van der Waals surface area contributed by atoms with E-state index in [1.807, 2.05) is 6.92 Å². The molecular formula is C18H19ClFN5O3. The van der Waals surface area contributed by atoms with Crippen LogP contribution in [0.4, 0.5) is 14.9 Å². The topological polar surface area (TPSA) is 79.7 Å². The van der Waals surface area contributed by atoms with Crippen molar-refractivity contribution in [3.05, 3.63) is 46.0 Å². The number of nitrogens with one attached hydrogen (secondary N) is 1. The molecule has 0 saturated carbocycles. The minimum absolute atomic E-state index is 0.0664. The summed E-state index contributed by atoms with van der Waals surface area (Å²) in [5.74, 6) is -0.838. The standard InChI is InChI=1S/C18H19ClFN5O3/c1-10-9-28-23(2)17(26)16-12-8-24(6-5-15(12)22-25(10)16)18(27)21-11-3-4-14(20)13(19)7-11/h3-4,7,10H,5-6,8-9H2,1-2H3,(H,21,27). The van der Waals surface area contributed by atoms with Crippen LogP contribution in [0.15, 0.2) is 18.2 Å². The van der Waals surface area contributed by atoms with Crippen LogP contribution in [0.2, 0.25) is 5.02 Å². The number of anilines is 1. The molecule has 1 aromatic carbocycles. The van der Waals surface area contributed by atoms with Crippen LogP contribution < -0.4 is 5.32 Å². The van der Waals surface area contributed by atoms with Gasteiger partial charge in [-0.15, -0.1) is 0 Å². The van der Waals surface area contributed by atoms with Crippen LogP contribution in [0.1, 0.15) is 34.7 Å². The third kappa shape index (κ3) is 3.20. The molecule has 1 aromatic heterocycles. The van der Waals surface area contributed by atoms with Crippen LogP contribution >= 0.6 is 11.6 Å². The number of rotatable bonds is 1. The number of carbonyl (C=O) groups is 2. The summed E-state index contributed by atoms with van der Waals surface area (Å²) in [4.78, 5) is 32.4. The van der Waals surface area contributed by atoms with Gasteiger partial charge in [0.1, 0.15) is 11.5 Å². The van der Waals surface area contributed by atoms with Crippen molar-refractivity contribution in [1.29, 1.82) is 0 Å². The van der Waals surface area contributed by atoms with Crippen LogP contribution in [-0.4, -0.2) is 51.9 Å². The van der Waals surface area contributed by atoms with E-state index in [0.717, 1.165) is 11.3 Å². The molecule has 0 bridgehead atoms. The van der Waals surface area contributed by atoms with Gasteiger partial charge in [0, 0.05) is 31.3 Å². The van der Waals surface area contributed by atoms with Gasteiger partial charge in [-0.25, -0.2) is 14.2 Å². The lowest BCUT2D eigenvalue weighted by Gasteiger charge is -2.27. The first-order chi connectivity index (χ1) is 13.3. The number of hydrogen-bond donors (Lipinski definition) is 1. The second-order valence-corrected chi connectivity index (χ2v) is 7.30. The Balaban J connectivity index is 1.58. The predicted molar refractivity (Wildman–Crippen MR) is 99.5 cm³/mol. The number of amides is 3. The van der Waals surface area contributed by atoms with Crippen LogP contribution in [0.25, 0.3) is 0 Å². The molecule has 8 nitrogen and oxygen atoms in total. The highest BCUT2D eigenvalue weighted by Gasteiger charge is 2.35. The normalized spacial score (nSPS) is 19.1. The second kappa shape index (κ2) is 7.06. The summed E-state index contributed by atoms with van der Waals surface area (Å²) < 4.78 is 15.0. The van der Waals surface area contributed by atoms with E-state index >= 15 is 0 Å². The molecule has 0 radical (unpaired) electrons. The van der Waals surface area contributed by atoms with E-state index in [4.69, 9.17) is 16.4 Å². The Bertz CT molecular complexity index is 963. The summed E-state index contributed by atoms with van der Waals surface area (Å²) in [6.07, 6.45) is 0.539. The molecule has 0 spiro atoms. The van der Waals surface area contributed by atoms with E-state index in [0.29, 0.717) is 31.0 Å². The molecule has 1 N–H and O–H groups in total. The monoisotopic (exact) mass is 407 g/mol. The first-order valence-electron chi connectivity index (χ1n) is 8.87. The van der Waals surface area contributed by atoms with Crippen LogP contribution in [0, 0.1) is 5.82 Å². The fourth-order valence-electron chi connectivity index (χ4n) is 3.39. The molecule has 0 saturated heterocycles. The van der Waals surface area contributed by atoms with Crippen LogP contribution in [-0.2, 0) is 17.8 Å². The predicted octanol–water partition coefficient (Wildman–Crippen LogP) is 2.84. The first kappa shape index (κ1) is 18.7. The molecule has 3 amide bonds. The lowest BCUT2D eigenvalue weighted by atomic mass is 10.0. The Morgan fingerprint density at radius 3 is 2.96 bits per heavy atom. The van der Waals surface area contributed by atoms with Gasteiger partial charge in [0.25, 0.3) is 5.91 Å². The second-order valence-electron chi connectivity index (χ2n) is 6.90. The molecule has 0 fully saturated rings. The maximum Gasteiger partial charge on any atom is 0.322 e. The summed E-state index contributed by atoms with van der Waals surface area (Å²) in [5, 5.41) is 8.44. The van der Waals surface area contributed by atoms with Crippen LogP contribution in [0.5, 0.6) is 0 Å². The number of halogens is 2. The maximum atomic E-state index is 13.3. The molecule has 4 rings (SSSR count). The SMILES string of the molecule is CC1CON(C)C(=O)c2c3c(nn21)CCN(C(=O)Nc1ccc(F)c(Cl)c1)C3. The van der Waals surface area contributed by atoms with Crippen molar-refractivity contribution < 1.29 is 18.8 Å². The van der Waals surface area contributed by atoms with Gasteiger partial charge in [-0.05, 0) is 25.1 Å². The van der Waals surface area contributed by atoms with E-state index in [-0.39, 0.29) is 29.5 Å². The molecule has 148 valence electrons. The van der Waals surface area contributed by atoms with Gasteiger partial charge < -0.3 is 10.2 Å². The smallest absolute Gasteiger partial charge is 0.320 e. The Morgan fingerprint density at radius 2 is 2.21 bits per heavy atom. The van der Waals surface area contributed by atoms with Gasteiger partial charge in [0.15, 0.2) is 0 Å². The molecule has 10 heteroatoms.